The largest absolute Gasteiger partial charge is 0.239 e. The number of rotatable bonds is 2. The van der Waals surface area contributed by atoms with Gasteiger partial charge in [0.2, 0.25) is 0 Å². The van der Waals surface area contributed by atoms with E-state index in [1.807, 2.05) is 12.1 Å². The summed E-state index contributed by atoms with van der Waals surface area (Å²) in [7, 11) is 0. The number of benzene rings is 1. The molecule has 1 aromatic carbocycles. The summed E-state index contributed by atoms with van der Waals surface area (Å²) in [6, 6.07) is 3.91. The standard InChI is InChI=1S/C10H7BrCl2N2/c11-8-2-7-9(1-6(8)3-12)14-5-15-10(7)4-13/h1-2,5H,3-4H2. The minimum atomic E-state index is 0.381. The molecule has 0 aliphatic rings. The quantitative estimate of drug-likeness (QED) is 0.787. The molecule has 0 spiro atoms. The second kappa shape index (κ2) is 4.64. The summed E-state index contributed by atoms with van der Waals surface area (Å²) in [6.45, 7) is 0. The zero-order valence-corrected chi connectivity index (χ0v) is 10.8. The molecular weight excluding hydrogens is 299 g/mol. The molecule has 2 nitrogen and oxygen atoms in total. The first-order valence-electron chi connectivity index (χ1n) is 4.30. The third-order valence-corrected chi connectivity index (χ3v) is 3.44. The van der Waals surface area contributed by atoms with Crippen LogP contribution in [0.4, 0.5) is 0 Å². The van der Waals surface area contributed by atoms with Crippen molar-refractivity contribution in [1.29, 1.82) is 0 Å². The monoisotopic (exact) mass is 304 g/mol. The van der Waals surface area contributed by atoms with Crippen molar-refractivity contribution in [2.75, 3.05) is 0 Å². The Morgan fingerprint density at radius 1 is 1.13 bits per heavy atom. The van der Waals surface area contributed by atoms with Crippen molar-refractivity contribution in [2.45, 2.75) is 11.8 Å². The van der Waals surface area contributed by atoms with Crippen LogP contribution in [-0.2, 0) is 11.8 Å². The molecule has 1 heterocycles. The van der Waals surface area contributed by atoms with E-state index in [0.29, 0.717) is 11.8 Å². The lowest BCUT2D eigenvalue weighted by atomic mass is 10.1. The van der Waals surface area contributed by atoms with Gasteiger partial charge >= 0.3 is 0 Å². The summed E-state index contributed by atoms with van der Waals surface area (Å²) in [4.78, 5) is 8.32. The Hall–Kier alpha value is -0.380. The minimum Gasteiger partial charge on any atom is -0.239 e. The molecule has 5 heteroatoms. The van der Waals surface area contributed by atoms with Crippen molar-refractivity contribution in [3.05, 3.63) is 34.2 Å². The molecule has 0 radical (unpaired) electrons. The molecule has 78 valence electrons. The van der Waals surface area contributed by atoms with Crippen LogP contribution in [0, 0.1) is 0 Å². The number of alkyl halides is 2. The highest BCUT2D eigenvalue weighted by Gasteiger charge is 2.06. The third kappa shape index (κ3) is 2.10. The van der Waals surface area contributed by atoms with E-state index in [-0.39, 0.29) is 0 Å². The van der Waals surface area contributed by atoms with Crippen LogP contribution in [0.2, 0.25) is 0 Å². The van der Waals surface area contributed by atoms with Crippen molar-refractivity contribution in [2.24, 2.45) is 0 Å². The molecule has 15 heavy (non-hydrogen) atoms. The summed E-state index contributed by atoms with van der Waals surface area (Å²) < 4.78 is 0.964. The van der Waals surface area contributed by atoms with Gasteiger partial charge in [-0.1, -0.05) is 15.9 Å². The number of aromatic nitrogens is 2. The average molecular weight is 306 g/mol. The van der Waals surface area contributed by atoms with Crippen LogP contribution >= 0.6 is 39.1 Å². The van der Waals surface area contributed by atoms with Crippen LogP contribution < -0.4 is 0 Å². The zero-order chi connectivity index (χ0) is 10.8. The van der Waals surface area contributed by atoms with E-state index in [9.17, 15) is 0 Å². The normalized spacial score (nSPS) is 10.9. The molecule has 0 fully saturated rings. The van der Waals surface area contributed by atoms with E-state index in [1.54, 1.807) is 0 Å². The van der Waals surface area contributed by atoms with Gasteiger partial charge in [-0.2, -0.15) is 0 Å². The first-order valence-corrected chi connectivity index (χ1v) is 6.16. The van der Waals surface area contributed by atoms with Crippen molar-refractivity contribution >= 4 is 50.0 Å². The van der Waals surface area contributed by atoms with E-state index in [4.69, 9.17) is 23.2 Å². The molecular formula is C10H7BrCl2N2. The van der Waals surface area contributed by atoms with Gasteiger partial charge in [-0.15, -0.1) is 23.2 Å². The Balaban J connectivity index is 2.74. The number of nitrogens with zero attached hydrogens (tertiary/aromatic N) is 2. The Morgan fingerprint density at radius 3 is 2.60 bits per heavy atom. The first-order chi connectivity index (χ1) is 7.26. The first kappa shape index (κ1) is 11.1. The number of fused-ring (bicyclic) bond motifs is 1. The number of hydrogen-bond donors (Lipinski definition) is 0. The fourth-order valence-electron chi connectivity index (χ4n) is 1.38. The third-order valence-electron chi connectivity index (χ3n) is 2.16. The zero-order valence-electron chi connectivity index (χ0n) is 7.67. The van der Waals surface area contributed by atoms with E-state index >= 15 is 0 Å². The summed E-state index contributed by atoms with van der Waals surface area (Å²) >= 11 is 15.1. The van der Waals surface area contributed by atoms with E-state index in [0.717, 1.165) is 26.6 Å². The molecule has 0 unspecified atom stereocenters. The Bertz CT molecular complexity index is 502. The van der Waals surface area contributed by atoms with Crippen LogP contribution in [0.15, 0.2) is 22.9 Å². The van der Waals surface area contributed by atoms with Gasteiger partial charge in [0.15, 0.2) is 0 Å². The number of hydrogen-bond acceptors (Lipinski definition) is 2. The molecule has 0 aliphatic carbocycles. The van der Waals surface area contributed by atoms with Crippen LogP contribution in [-0.4, -0.2) is 9.97 Å². The van der Waals surface area contributed by atoms with Crippen molar-refractivity contribution < 1.29 is 0 Å². The fraction of sp³-hybridized carbons (Fsp3) is 0.200. The SMILES string of the molecule is ClCc1cc2ncnc(CCl)c2cc1Br. The summed E-state index contributed by atoms with van der Waals surface area (Å²) in [5, 5.41) is 0.966. The molecule has 0 amide bonds. The maximum Gasteiger partial charge on any atom is 0.116 e. The van der Waals surface area contributed by atoms with Crippen molar-refractivity contribution in [3.63, 3.8) is 0 Å². The van der Waals surface area contributed by atoms with E-state index in [1.165, 1.54) is 6.33 Å². The molecule has 0 aliphatic heterocycles. The van der Waals surface area contributed by atoms with E-state index in [2.05, 4.69) is 25.9 Å². The van der Waals surface area contributed by atoms with Crippen molar-refractivity contribution in [1.82, 2.24) is 9.97 Å². The molecule has 0 N–H and O–H groups in total. The van der Waals surface area contributed by atoms with Gasteiger partial charge in [0.05, 0.1) is 17.1 Å². The Kier molecular flexibility index (Phi) is 3.44. The average Bonchev–Trinajstić information content (AvgIpc) is 2.27. The van der Waals surface area contributed by atoms with Crippen LogP contribution in [0.1, 0.15) is 11.3 Å². The fourth-order valence-corrected chi connectivity index (χ4v) is 2.46. The Morgan fingerprint density at radius 2 is 1.93 bits per heavy atom. The van der Waals surface area contributed by atoms with Gasteiger partial charge in [-0.05, 0) is 17.7 Å². The van der Waals surface area contributed by atoms with Gasteiger partial charge in [0, 0.05) is 15.7 Å². The van der Waals surface area contributed by atoms with Crippen molar-refractivity contribution in [3.8, 4) is 0 Å². The maximum absolute atomic E-state index is 5.81. The molecule has 2 aromatic rings. The van der Waals surface area contributed by atoms with Gasteiger partial charge in [-0.25, -0.2) is 9.97 Å². The van der Waals surface area contributed by atoms with Gasteiger partial charge < -0.3 is 0 Å². The predicted octanol–water partition coefficient (Wildman–Crippen LogP) is 3.87. The molecule has 0 atom stereocenters. The van der Waals surface area contributed by atoms with Gasteiger partial charge in [-0.3, -0.25) is 0 Å². The second-order valence-corrected chi connectivity index (χ2v) is 4.44. The topological polar surface area (TPSA) is 25.8 Å². The lowest BCUT2D eigenvalue weighted by Gasteiger charge is -2.05. The molecule has 0 saturated carbocycles. The van der Waals surface area contributed by atoms with Gasteiger partial charge in [0.1, 0.15) is 6.33 Å². The molecule has 0 saturated heterocycles. The highest BCUT2D eigenvalue weighted by atomic mass is 79.9. The summed E-state index contributed by atoms with van der Waals surface area (Å²) in [5.74, 6) is 0.836. The molecule has 1 aromatic heterocycles. The Labute approximate surface area is 106 Å². The number of halogens is 3. The maximum atomic E-state index is 5.81. The smallest absolute Gasteiger partial charge is 0.116 e. The lowest BCUT2D eigenvalue weighted by Crippen LogP contribution is -1.92. The summed E-state index contributed by atoms with van der Waals surface area (Å²) in [5.41, 5.74) is 2.73. The molecule has 0 bridgehead atoms. The highest BCUT2D eigenvalue weighted by molar-refractivity contribution is 9.10. The van der Waals surface area contributed by atoms with Crippen LogP contribution in [0.5, 0.6) is 0 Å². The lowest BCUT2D eigenvalue weighted by molar-refractivity contribution is 1.13. The van der Waals surface area contributed by atoms with Crippen LogP contribution in [0.25, 0.3) is 10.9 Å². The predicted molar refractivity (Wildman–Crippen MR) is 66.4 cm³/mol. The second-order valence-electron chi connectivity index (χ2n) is 3.05. The molecule has 2 rings (SSSR count). The minimum absolute atomic E-state index is 0.381. The van der Waals surface area contributed by atoms with Gasteiger partial charge in [0.25, 0.3) is 0 Å². The van der Waals surface area contributed by atoms with Crippen LogP contribution in [0.3, 0.4) is 0 Å². The van der Waals surface area contributed by atoms with E-state index < -0.39 is 0 Å². The highest BCUT2D eigenvalue weighted by Crippen LogP contribution is 2.26. The summed E-state index contributed by atoms with van der Waals surface area (Å²) in [6.07, 6.45) is 1.52.